The first-order chi connectivity index (χ1) is 16.2. The van der Waals surface area contributed by atoms with Gasteiger partial charge in [-0.15, -0.1) is 0 Å². The van der Waals surface area contributed by atoms with Crippen molar-refractivity contribution in [2.75, 3.05) is 13.2 Å². The summed E-state index contributed by atoms with van der Waals surface area (Å²) in [6.45, 7) is 5.74. The predicted molar refractivity (Wildman–Crippen MR) is 134 cm³/mol. The first kappa shape index (κ1) is 27.1. The Hall–Kier alpha value is -2.17. The Morgan fingerprint density at radius 3 is 1.64 bits per heavy atom. The largest absolute Gasteiger partial charge is 0.493 e. The van der Waals surface area contributed by atoms with Crippen molar-refractivity contribution in [2.24, 2.45) is 0 Å². The molecule has 2 rings (SSSR count). The zero-order valence-electron chi connectivity index (χ0n) is 20.8. The third kappa shape index (κ3) is 11.5. The topological polar surface area (TPSA) is 44.2 Å². The number of hydrogen-bond donors (Lipinski definition) is 0. The maximum atomic E-state index is 14.6. The van der Waals surface area contributed by atoms with E-state index in [1.165, 1.54) is 76.7 Å². The van der Waals surface area contributed by atoms with Crippen molar-refractivity contribution in [1.82, 2.24) is 9.97 Å². The Bertz CT molecular complexity index is 752. The van der Waals surface area contributed by atoms with Crippen LogP contribution in [0.2, 0.25) is 0 Å². The SMILES string of the molecule is CCCCCCCCCCOc1ccc(-c2ncc(OCCCCCCCC)cn2)c(F)c1. The smallest absolute Gasteiger partial charge is 0.162 e. The second-order valence-electron chi connectivity index (χ2n) is 8.82. The van der Waals surface area contributed by atoms with Gasteiger partial charge in [-0.2, -0.15) is 0 Å². The Morgan fingerprint density at radius 1 is 0.636 bits per heavy atom. The molecular formula is C28H43FN2O2. The van der Waals surface area contributed by atoms with E-state index < -0.39 is 0 Å². The standard InChI is InChI=1S/C28H43FN2O2/c1-3-5-7-9-11-12-14-15-19-32-24-17-18-26(27(29)21-24)28-30-22-25(23-31-28)33-20-16-13-10-8-6-4-2/h17-18,21-23H,3-16,19-20H2,1-2H3. The molecule has 0 amide bonds. The molecule has 1 aromatic carbocycles. The lowest BCUT2D eigenvalue weighted by Crippen LogP contribution is -2.00. The van der Waals surface area contributed by atoms with Crippen LogP contribution in [0.1, 0.15) is 104 Å². The van der Waals surface area contributed by atoms with E-state index in [0.29, 0.717) is 36.1 Å². The van der Waals surface area contributed by atoms with Crippen LogP contribution in [0.15, 0.2) is 30.6 Å². The van der Waals surface area contributed by atoms with Crippen LogP contribution in [0.3, 0.4) is 0 Å². The van der Waals surface area contributed by atoms with E-state index >= 15 is 0 Å². The molecule has 0 spiro atoms. The van der Waals surface area contributed by atoms with Gasteiger partial charge in [-0.25, -0.2) is 14.4 Å². The van der Waals surface area contributed by atoms with Crippen molar-refractivity contribution in [3.63, 3.8) is 0 Å². The minimum Gasteiger partial charge on any atom is -0.493 e. The normalized spacial score (nSPS) is 11.0. The molecule has 0 bridgehead atoms. The minimum absolute atomic E-state index is 0.356. The number of ether oxygens (including phenoxy) is 2. The van der Waals surface area contributed by atoms with Crippen molar-refractivity contribution < 1.29 is 13.9 Å². The van der Waals surface area contributed by atoms with Crippen LogP contribution in [0.5, 0.6) is 11.5 Å². The molecule has 1 aromatic heterocycles. The van der Waals surface area contributed by atoms with E-state index in [4.69, 9.17) is 9.47 Å². The molecule has 0 atom stereocenters. The summed E-state index contributed by atoms with van der Waals surface area (Å²) in [6, 6.07) is 4.90. The van der Waals surface area contributed by atoms with Gasteiger partial charge in [0.1, 0.15) is 11.6 Å². The van der Waals surface area contributed by atoms with Crippen molar-refractivity contribution in [3.8, 4) is 22.9 Å². The molecule has 5 heteroatoms. The van der Waals surface area contributed by atoms with E-state index in [0.717, 1.165) is 19.3 Å². The second kappa shape index (κ2) is 17.3. The summed E-state index contributed by atoms with van der Waals surface area (Å²) >= 11 is 0. The summed E-state index contributed by atoms with van der Waals surface area (Å²) in [5, 5.41) is 0. The fourth-order valence-corrected chi connectivity index (χ4v) is 3.80. The molecule has 0 saturated heterocycles. The van der Waals surface area contributed by atoms with Crippen molar-refractivity contribution in [3.05, 3.63) is 36.4 Å². The summed E-state index contributed by atoms with van der Waals surface area (Å²) in [5.74, 6) is 1.16. The molecule has 0 unspecified atom stereocenters. The van der Waals surface area contributed by atoms with Gasteiger partial charge in [0.25, 0.3) is 0 Å². The molecule has 0 aliphatic carbocycles. The summed E-state index contributed by atoms with van der Waals surface area (Å²) in [5.41, 5.74) is 0.372. The zero-order chi connectivity index (χ0) is 23.6. The maximum absolute atomic E-state index is 14.6. The average Bonchev–Trinajstić information content (AvgIpc) is 2.83. The summed E-state index contributed by atoms with van der Waals surface area (Å²) in [4.78, 5) is 8.57. The van der Waals surface area contributed by atoms with E-state index in [2.05, 4.69) is 23.8 Å². The number of unbranched alkanes of at least 4 members (excludes halogenated alkanes) is 12. The number of halogens is 1. The molecule has 0 aliphatic heterocycles. The summed E-state index contributed by atoms with van der Waals surface area (Å²) < 4.78 is 26.0. The summed E-state index contributed by atoms with van der Waals surface area (Å²) in [6.07, 6.45) is 20.6. The second-order valence-corrected chi connectivity index (χ2v) is 8.82. The van der Waals surface area contributed by atoms with Gasteiger partial charge in [-0.1, -0.05) is 90.9 Å². The quantitative estimate of drug-likeness (QED) is 0.198. The van der Waals surface area contributed by atoms with E-state index in [1.807, 2.05) is 0 Å². The zero-order valence-corrected chi connectivity index (χ0v) is 20.8. The number of nitrogens with zero attached hydrogens (tertiary/aromatic N) is 2. The fourth-order valence-electron chi connectivity index (χ4n) is 3.80. The molecule has 0 radical (unpaired) electrons. The number of rotatable bonds is 19. The highest BCUT2D eigenvalue weighted by molar-refractivity contribution is 5.57. The molecule has 0 N–H and O–H groups in total. The Labute approximate surface area is 200 Å². The highest BCUT2D eigenvalue weighted by Gasteiger charge is 2.10. The van der Waals surface area contributed by atoms with Gasteiger partial charge in [0.2, 0.25) is 0 Å². The van der Waals surface area contributed by atoms with Crippen LogP contribution in [0, 0.1) is 5.82 Å². The first-order valence-corrected chi connectivity index (χ1v) is 13.1. The van der Waals surface area contributed by atoms with Crippen LogP contribution in [0.25, 0.3) is 11.4 Å². The van der Waals surface area contributed by atoms with Crippen molar-refractivity contribution in [1.29, 1.82) is 0 Å². The van der Waals surface area contributed by atoms with E-state index in [1.54, 1.807) is 24.5 Å². The van der Waals surface area contributed by atoms with Gasteiger partial charge >= 0.3 is 0 Å². The summed E-state index contributed by atoms with van der Waals surface area (Å²) in [7, 11) is 0. The predicted octanol–water partition coefficient (Wildman–Crippen LogP) is 8.54. The minimum atomic E-state index is -0.371. The van der Waals surface area contributed by atoms with Crippen molar-refractivity contribution >= 4 is 0 Å². The third-order valence-electron chi connectivity index (χ3n) is 5.84. The molecule has 33 heavy (non-hydrogen) atoms. The lowest BCUT2D eigenvalue weighted by atomic mass is 10.1. The third-order valence-corrected chi connectivity index (χ3v) is 5.84. The van der Waals surface area contributed by atoms with Crippen LogP contribution < -0.4 is 9.47 Å². The number of hydrogen-bond acceptors (Lipinski definition) is 4. The molecule has 0 aliphatic rings. The van der Waals surface area contributed by atoms with Gasteiger partial charge in [-0.05, 0) is 25.0 Å². The van der Waals surface area contributed by atoms with Gasteiger partial charge in [0, 0.05) is 6.07 Å². The lowest BCUT2D eigenvalue weighted by molar-refractivity contribution is 0.302. The van der Waals surface area contributed by atoms with Gasteiger partial charge in [0.05, 0.1) is 31.2 Å². The van der Waals surface area contributed by atoms with Crippen molar-refractivity contribution in [2.45, 2.75) is 104 Å². The maximum Gasteiger partial charge on any atom is 0.162 e. The van der Waals surface area contributed by atoms with Crippen LogP contribution in [-0.2, 0) is 0 Å². The van der Waals surface area contributed by atoms with Gasteiger partial charge in [-0.3, -0.25) is 0 Å². The van der Waals surface area contributed by atoms with E-state index in [-0.39, 0.29) is 5.82 Å². The Kier molecular flexibility index (Phi) is 14.2. The number of aromatic nitrogens is 2. The molecule has 2 aromatic rings. The molecule has 1 heterocycles. The molecule has 0 saturated carbocycles. The molecule has 4 nitrogen and oxygen atoms in total. The Morgan fingerprint density at radius 2 is 1.12 bits per heavy atom. The highest BCUT2D eigenvalue weighted by Crippen LogP contribution is 2.24. The molecular weight excluding hydrogens is 415 g/mol. The van der Waals surface area contributed by atoms with Crippen LogP contribution in [-0.4, -0.2) is 23.2 Å². The average molecular weight is 459 g/mol. The van der Waals surface area contributed by atoms with Crippen LogP contribution >= 0.6 is 0 Å². The van der Waals surface area contributed by atoms with Gasteiger partial charge < -0.3 is 9.47 Å². The Balaban J connectivity index is 1.68. The highest BCUT2D eigenvalue weighted by atomic mass is 19.1. The monoisotopic (exact) mass is 458 g/mol. The van der Waals surface area contributed by atoms with Crippen LogP contribution in [0.4, 0.5) is 4.39 Å². The van der Waals surface area contributed by atoms with E-state index in [9.17, 15) is 4.39 Å². The molecule has 0 fully saturated rings. The number of benzene rings is 1. The first-order valence-electron chi connectivity index (χ1n) is 13.1. The van der Waals surface area contributed by atoms with Gasteiger partial charge in [0.15, 0.2) is 11.6 Å². The fraction of sp³-hybridized carbons (Fsp3) is 0.643. The molecule has 184 valence electrons. The lowest BCUT2D eigenvalue weighted by Gasteiger charge is -2.09.